The Balaban J connectivity index is 1.81. The van der Waals surface area contributed by atoms with Gasteiger partial charge in [0.25, 0.3) is 6.47 Å². The lowest BCUT2D eigenvalue weighted by atomic mass is 9.62. The number of carbonyl (C=O) groups is 2. The van der Waals surface area contributed by atoms with Crippen molar-refractivity contribution in [3.8, 4) is 5.75 Å². The van der Waals surface area contributed by atoms with Crippen molar-refractivity contribution in [2.75, 3.05) is 11.9 Å². The molecule has 1 aliphatic carbocycles. The van der Waals surface area contributed by atoms with Gasteiger partial charge < -0.3 is 14.7 Å². The quantitative estimate of drug-likeness (QED) is 0.428. The molecule has 6 nitrogen and oxygen atoms in total. The summed E-state index contributed by atoms with van der Waals surface area (Å²) in [6, 6.07) is 16.8. The number of benzene rings is 3. The minimum absolute atomic E-state index is 0.0147. The van der Waals surface area contributed by atoms with Crippen molar-refractivity contribution in [3.63, 3.8) is 0 Å². The molecule has 0 amide bonds. The van der Waals surface area contributed by atoms with E-state index in [0.29, 0.717) is 17.9 Å². The summed E-state index contributed by atoms with van der Waals surface area (Å²) >= 11 is 0. The molecule has 36 heavy (non-hydrogen) atoms. The van der Waals surface area contributed by atoms with E-state index in [4.69, 9.17) is 9.73 Å². The molecule has 1 N–H and O–H groups in total. The van der Waals surface area contributed by atoms with E-state index >= 15 is 0 Å². The van der Waals surface area contributed by atoms with Gasteiger partial charge in [-0.25, -0.2) is 9.79 Å². The van der Waals surface area contributed by atoms with Crippen molar-refractivity contribution in [3.05, 3.63) is 82.4 Å². The Kier molecular flexibility index (Phi) is 5.51. The largest absolute Gasteiger partial charge is 0.478 e. The first-order valence-electron chi connectivity index (χ1n) is 12.1. The molecule has 0 aromatic heterocycles. The van der Waals surface area contributed by atoms with Gasteiger partial charge in [-0.3, -0.25) is 4.79 Å². The van der Waals surface area contributed by atoms with Gasteiger partial charge in [-0.1, -0.05) is 39.8 Å². The van der Waals surface area contributed by atoms with Gasteiger partial charge in [0, 0.05) is 24.2 Å². The highest BCUT2D eigenvalue weighted by Crippen LogP contribution is 2.50. The summed E-state index contributed by atoms with van der Waals surface area (Å²) in [6.07, 6.45) is 2.20. The zero-order chi connectivity index (χ0) is 25.8. The number of fused-ring (bicyclic) bond motifs is 3. The lowest BCUT2D eigenvalue weighted by Crippen LogP contribution is -2.34. The van der Waals surface area contributed by atoms with E-state index < -0.39 is 5.97 Å². The van der Waals surface area contributed by atoms with E-state index in [9.17, 15) is 14.7 Å². The number of hydrogen-bond donors (Lipinski definition) is 1. The van der Waals surface area contributed by atoms with E-state index in [0.717, 1.165) is 41.1 Å². The summed E-state index contributed by atoms with van der Waals surface area (Å²) in [5.74, 6) is -0.558. The van der Waals surface area contributed by atoms with Crippen LogP contribution in [0.3, 0.4) is 0 Å². The molecule has 3 aromatic carbocycles. The molecule has 1 heterocycles. The standard InChI is InChI=1S/C30H30N2O4/c1-29(2)12-13-30(3,4)23-16-26-21(15-22(23)29)27(18-6-8-19(9-7-18)28(34)35)31-24-14-20(36-17-33)10-11-25(24)32(26)5/h6-11,14-17H,12-13H2,1-5H3,(H,34,35). The minimum atomic E-state index is -0.969. The van der Waals surface area contributed by atoms with Crippen molar-refractivity contribution in [2.45, 2.75) is 51.4 Å². The summed E-state index contributed by atoms with van der Waals surface area (Å²) in [5, 5.41) is 9.39. The third kappa shape index (κ3) is 3.87. The SMILES string of the molecule is CN1c2ccc(OC=O)cc2N=C(c2ccc(C(=O)O)cc2)c2cc3c(cc21)C(C)(C)CCC3(C)C. The molecular weight excluding hydrogens is 452 g/mol. The van der Waals surface area contributed by atoms with Crippen LogP contribution in [0.1, 0.15) is 73.1 Å². The van der Waals surface area contributed by atoms with Gasteiger partial charge in [0.1, 0.15) is 5.75 Å². The zero-order valence-corrected chi connectivity index (χ0v) is 21.3. The highest BCUT2D eigenvalue weighted by Gasteiger charge is 2.39. The average Bonchev–Trinajstić information content (AvgIpc) is 2.96. The second-order valence-corrected chi connectivity index (χ2v) is 10.9. The molecule has 5 rings (SSSR count). The molecule has 0 saturated heterocycles. The Hall–Kier alpha value is -3.93. The van der Waals surface area contributed by atoms with Crippen LogP contribution in [-0.4, -0.2) is 30.3 Å². The van der Waals surface area contributed by atoms with Crippen LogP contribution < -0.4 is 9.64 Å². The predicted octanol–water partition coefficient (Wildman–Crippen LogP) is 6.52. The smallest absolute Gasteiger partial charge is 0.335 e. The van der Waals surface area contributed by atoms with Crippen LogP contribution in [0.25, 0.3) is 0 Å². The Morgan fingerprint density at radius 3 is 2.19 bits per heavy atom. The zero-order valence-electron chi connectivity index (χ0n) is 21.3. The number of hydrogen-bond acceptors (Lipinski definition) is 5. The first-order chi connectivity index (χ1) is 17.0. The Morgan fingerprint density at radius 1 is 0.944 bits per heavy atom. The van der Waals surface area contributed by atoms with Gasteiger partial charge in [0.15, 0.2) is 0 Å². The molecule has 3 aromatic rings. The Morgan fingerprint density at radius 2 is 1.58 bits per heavy atom. The number of aliphatic imine (C=N–C) groups is 1. The van der Waals surface area contributed by atoms with Crippen LogP contribution in [0.2, 0.25) is 0 Å². The number of aromatic carboxylic acids is 1. The van der Waals surface area contributed by atoms with E-state index in [1.165, 1.54) is 11.1 Å². The van der Waals surface area contributed by atoms with Crippen LogP contribution in [0.4, 0.5) is 17.1 Å². The number of carboxylic acid groups (broad SMARTS) is 1. The molecule has 0 unspecified atom stereocenters. The number of nitrogens with zero attached hydrogens (tertiary/aromatic N) is 2. The van der Waals surface area contributed by atoms with E-state index in [1.54, 1.807) is 36.4 Å². The number of carbonyl (C=O) groups excluding carboxylic acids is 1. The fourth-order valence-electron chi connectivity index (χ4n) is 5.38. The van der Waals surface area contributed by atoms with Crippen LogP contribution in [0.15, 0.2) is 59.6 Å². The van der Waals surface area contributed by atoms with Gasteiger partial charge in [-0.05, 0) is 71.2 Å². The van der Waals surface area contributed by atoms with Crippen LogP contribution >= 0.6 is 0 Å². The molecule has 0 saturated carbocycles. The molecule has 0 fully saturated rings. The summed E-state index contributed by atoms with van der Waals surface area (Å²) < 4.78 is 5.11. The molecule has 0 bridgehead atoms. The molecule has 0 spiro atoms. The monoisotopic (exact) mass is 482 g/mol. The van der Waals surface area contributed by atoms with Gasteiger partial charge in [0.05, 0.1) is 28.3 Å². The lowest BCUT2D eigenvalue weighted by molar-refractivity contribution is -0.120. The van der Waals surface area contributed by atoms with Crippen molar-refractivity contribution in [1.29, 1.82) is 0 Å². The summed E-state index contributed by atoms with van der Waals surface area (Å²) in [5.41, 5.74) is 8.07. The molecule has 6 heteroatoms. The van der Waals surface area contributed by atoms with E-state index in [1.807, 2.05) is 13.1 Å². The van der Waals surface area contributed by atoms with E-state index in [2.05, 4.69) is 44.7 Å². The summed E-state index contributed by atoms with van der Waals surface area (Å²) in [4.78, 5) is 29.7. The van der Waals surface area contributed by atoms with Gasteiger partial charge in [-0.15, -0.1) is 0 Å². The van der Waals surface area contributed by atoms with Crippen molar-refractivity contribution in [1.82, 2.24) is 0 Å². The topological polar surface area (TPSA) is 79.2 Å². The van der Waals surface area contributed by atoms with Gasteiger partial charge >= 0.3 is 5.97 Å². The molecular formula is C30H30N2O4. The molecule has 0 radical (unpaired) electrons. The maximum atomic E-state index is 11.5. The molecule has 0 atom stereocenters. The number of anilines is 2. The highest BCUT2D eigenvalue weighted by atomic mass is 16.5. The fraction of sp³-hybridized carbons (Fsp3) is 0.300. The molecule has 1 aliphatic heterocycles. The van der Waals surface area contributed by atoms with Crippen LogP contribution in [0.5, 0.6) is 5.75 Å². The maximum absolute atomic E-state index is 11.5. The summed E-state index contributed by atoms with van der Waals surface area (Å²) in [7, 11) is 2.03. The maximum Gasteiger partial charge on any atom is 0.335 e. The first kappa shape index (κ1) is 23.8. The lowest BCUT2D eigenvalue weighted by Gasteiger charge is -2.43. The van der Waals surface area contributed by atoms with Crippen molar-refractivity contribution < 1.29 is 19.4 Å². The van der Waals surface area contributed by atoms with Gasteiger partial charge in [0.2, 0.25) is 0 Å². The van der Waals surface area contributed by atoms with Crippen LogP contribution in [0, 0.1) is 0 Å². The third-order valence-electron chi connectivity index (χ3n) is 7.72. The second-order valence-electron chi connectivity index (χ2n) is 10.9. The first-order valence-corrected chi connectivity index (χ1v) is 12.1. The molecule has 2 aliphatic rings. The second kappa shape index (κ2) is 8.33. The minimum Gasteiger partial charge on any atom is -0.478 e. The fourth-order valence-corrected chi connectivity index (χ4v) is 5.38. The average molecular weight is 483 g/mol. The number of rotatable bonds is 4. The molecule has 184 valence electrons. The number of ether oxygens (including phenoxy) is 1. The van der Waals surface area contributed by atoms with Gasteiger partial charge in [-0.2, -0.15) is 0 Å². The van der Waals surface area contributed by atoms with E-state index in [-0.39, 0.29) is 16.4 Å². The Labute approximate surface area is 211 Å². The van der Waals surface area contributed by atoms with Crippen LogP contribution in [-0.2, 0) is 15.6 Å². The van der Waals surface area contributed by atoms with Crippen molar-refractivity contribution in [2.24, 2.45) is 4.99 Å². The number of carboxylic acids is 1. The predicted molar refractivity (Wildman–Crippen MR) is 142 cm³/mol. The Bertz CT molecular complexity index is 1420. The normalized spacial score (nSPS) is 17.1. The third-order valence-corrected chi connectivity index (χ3v) is 7.72. The summed E-state index contributed by atoms with van der Waals surface area (Å²) in [6.45, 7) is 9.61. The highest BCUT2D eigenvalue weighted by molar-refractivity contribution is 6.19. The van der Waals surface area contributed by atoms with Crippen molar-refractivity contribution >= 4 is 35.2 Å².